The van der Waals surface area contributed by atoms with Gasteiger partial charge in [0.15, 0.2) is 0 Å². The second kappa shape index (κ2) is 6.53. The van der Waals surface area contributed by atoms with Crippen LogP contribution in [0.25, 0.3) is 10.8 Å². The first kappa shape index (κ1) is 15.1. The minimum atomic E-state index is -0.0772. The van der Waals surface area contributed by atoms with Crippen molar-refractivity contribution >= 4 is 34.2 Å². The molecule has 116 valence electrons. The van der Waals surface area contributed by atoms with Crippen molar-refractivity contribution < 1.29 is 9.53 Å². The third-order valence-corrected chi connectivity index (χ3v) is 4.41. The number of rotatable bonds is 3. The van der Waals surface area contributed by atoms with Crippen LogP contribution in [-0.4, -0.2) is 30.6 Å². The van der Waals surface area contributed by atoms with E-state index >= 15 is 0 Å². The van der Waals surface area contributed by atoms with Crippen LogP contribution in [-0.2, 0) is 9.53 Å². The predicted octanol–water partition coefficient (Wildman–Crippen LogP) is 3.67. The molecule has 3 rings (SSSR count). The van der Waals surface area contributed by atoms with Crippen molar-refractivity contribution in [1.29, 1.82) is 0 Å². The van der Waals surface area contributed by atoms with Crippen molar-refractivity contribution in [2.24, 2.45) is 5.92 Å². The Hall–Kier alpha value is -1.81. The molecule has 0 atom stereocenters. The molecule has 2 heterocycles. The summed E-state index contributed by atoms with van der Waals surface area (Å²) in [5, 5.41) is 2.58. The van der Waals surface area contributed by atoms with Gasteiger partial charge in [0, 0.05) is 18.5 Å². The number of fused-ring (bicyclic) bond motifs is 1. The lowest BCUT2D eigenvalue weighted by molar-refractivity contribution is -0.148. The molecule has 0 spiro atoms. The lowest BCUT2D eigenvalue weighted by Gasteiger charge is -2.32. The number of piperidine rings is 1. The van der Waals surface area contributed by atoms with Gasteiger partial charge in [-0.1, -0.05) is 35.9 Å². The molecule has 0 bridgehead atoms. The van der Waals surface area contributed by atoms with Crippen LogP contribution in [0.5, 0.6) is 0 Å². The number of aromatic nitrogens is 1. The molecule has 1 aliphatic heterocycles. The van der Waals surface area contributed by atoms with Gasteiger partial charge in [-0.05, 0) is 31.2 Å². The van der Waals surface area contributed by atoms with Crippen LogP contribution in [0.4, 0.5) is 5.82 Å². The van der Waals surface area contributed by atoms with E-state index in [1.807, 2.05) is 31.2 Å². The standard InChI is InChI=1S/C17H19ClN2O2/c1-2-22-17(21)12-7-9-20(10-8-12)15-11-13-5-3-4-6-14(13)16(18)19-15/h3-6,11-12H,2,7-10H2,1H3. The maximum absolute atomic E-state index is 11.8. The molecular weight excluding hydrogens is 300 g/mol. The maximum Gasteiger partial charge on any atom is 0.309 e. The van der Waals surface area contributed by atoms with E-state index in [1.54, 1.807) is 0 Å². The van der Waals surface area contributed by atoms with E-state index in [0.717, 1.165) is 42.5 Å². The summed E-state index contributed by atoms with van der Waals surface area (Å²) in [4.78, 5) is 18.5. The van der Waals surface area contributed by atoms with Crippen molar-refractivity contribution in [1.82, 2.24) is 4.98 Å². The summed E-state index contributed by atoms with van der Waals surface area (Å²) in [5.74, 6) is 0.810. The topological polar surface area (TPSA) is 42.4 Å². The van der Waals surface area contributed by atoms with Crippen LogP contribution in [0.2, 0.25) is 5.15 Å². The van der Waals surface area contributed by atoms with Crippen LogP contribution < -0.4 is 4.90 Å². The fourth-order valence-electron chi connectivity index (χ4n) is 2.91. The van der Waals surface area contributed by atoms with Gasteiger partial charge >= 0.3 is 5.97 Å². The number of carbonyl (C=O) groups is 1. The Morgan fingerprint density at radius 2 is 2.09 bits per heavy atom. The minimum absolute atomic E-state index is 0.00660. The van der Waals surface area contributed by atoms with E-state index in [9.17, 15) is 4.79 Å². The zero-order valence-electron chi connectivity index (χ0n) is 12.6. The van der Waals surface area contributed by atoms with Crippen molar-refractivity contribution in [3.05, 3.63) is 35.5 Å². The molecule has 1 saturated heterocycles. The van der Waals surface area contributed by atoms with E-state index in [2.05, 4.69) is 16.0 Å². The van der Waals surface area contributed by atoms with Gasteiger partial charge in [-0.3, -0.25) is 4.79 Å². The SMILES string of the molecule is CCOC(=O)C1CCN(c2cc3ccccc3c(Cl)n2)CC1. The summed E-state index contributed by atoms with van der Waals surface area (Å²) >= 11 is 6.29. The fourth-order valence-corrected chi connectivity index (χ4v) is 3.17. The first-order valence-electron chi connectivity index (χ1n) is 7.66. The smallest absolute Gasteiger partial charge is 0.309 e. The molecule has 0 aliphatic carbocycles. The van der Waals surface area contributed by atoms with Crippen LogP contribution in [0.1, 0.15) is 19.8 Å². The van der Waals surface area contributed by atoms with Gasteiger partial charge in [0.25, 0.3) is 0 Å². The highest BCUT2D eigenvalue weighted by molar-refractivity contribution is 6.34. The Morgan fingerprint density at radius 3 is 2.82 bits per heavy atom. The zero-order chi connectivity index (χ0) is 15.5. The molecule has 1 aromatic carbocycles. The number of pyridine rings is 1. The van der Waals surface area contributed by atoms with E-state index < -0.39 is 0 Å². The second-order valence-electron chi connectivity index (χ2n) is 5.51. The van der Waals surface area contributed by atoms with Gasteiger partial charge in [0.05, 0.1) is 12.5 Å². The third kappa shape index (κ3) is 3.02. The number of nitrogens with zero attached hydrogens (tertiary/aromatic N) is 2. The number of hydrogen-bond donors (Lipinski definition) is 0. The van der Waals surface area contributed by atoms with Crippen molar-refractivity contribution in [3.63, 3.8) is 0 Å². The summed E-state index contributed by atoms with van der Waals surface area (Å²) in [6.07, 6.45) is 1.59. The highest BCUT2D eigenvalue weighted by Gasteiger charge is 2.26. The second-order valence-corrected chi connectivity index (χ2v) is 5.86. The summed E-state index contributed by atoms with van der Waals surface area (Å²) in [6, 6.07) is 10.0. The fraction of sp³-hybridized carbons (Fsp3) is 0.412. The number of ether oxygens (including phenoxy) is 1. The lowest BCUT2D eigenvalue weighted by atomic mass is 9.97. The summed E-state index contributed by atoms with van der Waals surface area (Å²) in [5.41, 5.74) is 0. The Morgan fingerprint density at radius 1 is 1.36 bits per heavy atom. The number of halogens is 1. The Balaban J connectivity index is 1.75. The Bertz CT molecular complexity index is 681. The Labute approximate surface area is 135 Å². The van der Waals surface area contributed by atoms with Gasteiger partial charge in [-0.25, -0.2) is 4.98 Å². The summed E-state index contributed by atoms with van der Waals surface area (Å²) in [7, 11) is 0. The quantitative estimate of drug-likeness (QED) is 0.639. The van der Waals surface area contributed by atoms with E-state index in [0.29, 0.717) is 11.8 Å². The lowest BCUT2D eigenvalue weighted by Crippen LogP contribution is -2.37. The first-order chi connectivity index (χ1) is 10.7. The van der Waals surface area contributed by atoms with Gasteiger partial charge in [-0.2, -0.15) is 0 Å². The number of hydrogen-bond acceptors (Lipinski definition) is 4. The van der Waals surface area contributed by atoms with Crippen LogP contribution >= 0.6 is 11.6 Å². The number of esters is 1. The van der Waals surface area contributed by atoms with Gasteiger partial charge in [0.1, 0.15) is 11.0 Å². The summed E-state index contributed by atoms with van der Waals surface area (Å²) in [6.45, 7) is 3.88. The first-order valence-corrected chi connectivity index (χ1v) is 8.03. The van der Waals surface area contributed by atoms with Crippen molar-refractivity contribution in [2.45, 2.75) is 19.8 Å². The monoisotopic (exact) mass is 318 g/mol. The van der Waals surface area contributed by atoms with Crippen LogP contribution in [0.15, 0.2) is 30.3 Å². The highest BCUT2D eigenvalue weighted by atomic mass is 35.5. The van der Waals surface area contributed by atoms with Gasteiger partial charge < -0.3 is 9.64 Å². The average molecular weight is 319 g/mol. The van der Waals surface area contributed by atoms with Crippen LogP contribution in [0, 0.1) is 5.92 Å². The molecule has 0 amide bonds. The molecule has 22 heavy (non-hydrogen) atoms. The largest absolute Gasteiger partial charge is 0.466 e. The molecule has 1 aliphatic rings. The molecule has 1 fully saturated rings. The Kier molecular flexibility index (Phi) is 4.48. The van der Waals surface area contributed by atoms with E-state index in [4.69, 9.17) is 16.3 Å². The van der Waals surface area contributed by atoms with Crippen LogP contribution in [0.3, 0.4) is 0 Å². The number of carbonyl (C=O) groups excluding carboxylic acids is 1. The maximum atomic E-state index is 11.8. The van der Waals surface area contributed by atoms with Crippen molar-refractivity contribution in [2.75, 3.05) is 24.6 Å². The molecule has 0 saturated carbocycles. The van der Waals surface area contributed by atoms with Crippen molar-refractivity contribution in [3.8, 4) is 0 Å². The number of anilines is 1. The molecule has 0 radical (unpaired) electrons. The molecule has 5 heteroatoms. The molecule has 1 aromatic heterocycles. The highest BCUT2D eigenvalue weighted by Crippen LogP contribution is 2.29. The minimum Gasteiger partial charge on any atom is -0.466 e. The third-order valence-electron chi connectivity index (χ3n) is 4.12. The van der Waals surface area contributed by atoms with Gasteiger partial charge in [0.2, 0.25) is 0 Å². The van der Waals surface area contributed by atoms with E-state index in [1.165, 1.54) is 0 Å². The van der Waals surface area contributed by atoms with Gasteiger partial charge in [-0.15, -0.1) is 0 Å². The number of benzene rings is 1. The predicted molar refractivity (Wildman–Crippen MR) is 88.3 cm³/mol. The summed E-state index contributed by atoms with van der Waals surface area (Å²) < 4.78 is 5.10. The van der Waals surface area contributed by atoms with E-state index in [-0.39, 0.29) is 11.9 Å². The molecule has 0 unspecified atom stereocenters. The molecule has 0 N–H and O–H groups in total. The zero-order valence-corrected chi connectivity index (χ0v) is 13.3. The molecular formula is C17H19ClN2O2. The normalized spacial score (nSPS) is 16.0. The molecule has 4 nitrogen and oxygen atoms in total. The average Bonchev–Trinajstić information content (AvgIpc) is 2.55. The molecule has 2 aromatic rings.